The fourth-order valence-corrected chi connectivity index (χ4v) is 3.08. The van der Waals surface area contributed by atoms with Gasteiger partial charge in [-0.2, -0.15) is 0 Å². The Kier molecular flexibility index (Phi) is 4.78. The molecular formula is C17H21N3O5. The SMILES string of the molecule is CC1CC(C(=O)O)CN(C(=O)Nc2ccc(OC3CC(=O)N3)cc2)C1. The maximum atomic E-state index is 12.4. The van der Waals surface area contributed by atoms with E-state index < -0.39 is 11.9 Å². The molecule has 25 heavy (non-hydrogen) atoms. The van der Waals surface area contributed by atoms with Crippen molar-refractivity contribution < 1.29 is 24.2 Å². The maximum Gasteiger partial charge on any atom is 0.321 e. The van der Waals surface area contributed by atoms with Gasteiger partial charge in [0.05, 0.1) is 12.3 Å². The largest absolute Gasteiger partial charge is 0.481 e. The van der Waals surface area contributed by atoms with Crippen molar-refractivity contribution in [2.75, 3.05) is 18.4 Å². The molecule has 3 unspecified atom stereocenters. The van der Waals surface area contributed by atoms with Crippen LogP contribution >= 0.6 is 0 Å². The van der Waals surface area contributed by atoms with Gasteiger partial charge in [-0.05, 0) is 36.6 Å². The highest BCUT2D eigenvalue weighted by Gasteiger charge is 2.32. The summed E-state index contributed by atoms with van der Waals surface area (Å²) in [6.07, 6.45) is 0.634. The molecule has 2 saturated heterocycles. The van der Waals surface area contributed by atoms with Gasteiger partial charge in [0.1, 0.15) is 5.75 Å². The lowest BCUT2D eigenvalue weighted by Gasteiger charge is -2.34. The molecule has 3 amide bonds. The number of ether oxygens (including phenoxy) is 1. The van der Waals surface area contributed by atoms with E-state index in [1.807, 2.05) is 6.92 Å². The summed E-state index contributed by atoms with van der Waals surface area (Å²) >= 11 is 0. The van der Waals surface area contributed by atoms with Crippen LogP contribution in [0.1, 0.15) is 19.8 Å². The second-order valence-corrected chi connectivity index (χ2v) is 6.61. The van der Waals surface area contributed by atoms with Gasteiger partial charge in [-0.1, -0.05) is 6.92 Å². The number of hydrogen-bond donors (Lipinski definition) is 3. The first kappa shape index (κ1) is 17.1. The second kappa shape index (κ2) is 7.00. The lowest BCUT2D eigenvalue weighted by atomic mass is 9.91. The lowest BCUT2D eigenvalue weighted by Crippen LogP contribution is -2.51. The van der Waals surface area contributed by atoms with Gasteiger partial charge >= 0.3 is 12.0 Å². The molecule has 0 aromatic heterocycles. The fraction of sp³-hybridized carbons (Fsp3) is 0.471. The third-order valence-corrected chi connectivity index (χ3v) is 4.37. The lowest BCUT2D eigenvalue weighted by molar-refractivity contribution is -0.143. The van der Waals surface area contributed by atoms with Crippen LogP contribution < -0.4 is 15.4 Å². The number of carboxylic acids is 1. The van der Waals surface area contributed by atoms with E-state index in [1.165, 1.54) is 0 Å². The maximum absolute atomic E-state index is 12.4. The Morgan fingerprint density at radius 3 is 2.56 bits per heavy atom. The quantitative estimate of drug-likeness (QED) is 0.715. The molecule has 0 saturated carbocycles. The number of carbonyl (C=O) groups excluding carboxylic acids is 2. The Morgan fingerprint density at radius 1 is 1.28 bits per heavy atom. The fourth-order valence-electron chi connectivity index (χ4n) is 3.08. The third kappa shape index (κ3) is 4.20. The Morgan fingerprint density at radius 2 is 1.96 bits per heavy atom. The number of β-lactam (4-membered cyclic amide) rings is 1. The van der Waals surface area contributed by atoms with Crippen molar-refractivity contribution in [1.82, 2.24) is 10.2 Å². The summed E-state index contributed by atoms with van der Waals surface area (Å²) in [5.41, 5.74) is 0.597. The van der Waals surface area contributed by atoms with Crippen molar-refractivity contribution in [3.63, 3.8) is 0 Å². The average molecular weight is 347 g/mol. The molecule has 2 aliphatic rings. The van der Waals surface area contributed by atoms with Crippen LogP contribution in [0.25, 0.3) is 0 Å². The zero-order chi connectivity index (χ0) is 18.0. The molecule has 3 atom stereocenters. The molecule has 2 fully saturated rings. The Labute approximate surface area is 145 Å². The van der Waals surface area contributed by atoms with Crippen molar-refractivity contribution in [1.29, 1.82) is 0 Å². The monoisotopic (exact) mass is 347 g/mol. The number of anilines is 1. The number of nitrogens with zero attached hydrogens (tertiary/aromatic N) is 1. The van der Waals surface area contributed by atoms with Gasteiger partial charge in [0.25, 0.3) is 0 Å². The second-order valence-electron chi connectivity index (χ2n) is 6.61. The van der Waals surface area contributed by atoms with Gasteiger partial charge in [-0.25, -0.2) is 4.79 Å². The molecule has 0 aliphatic carbocycles. The van der Waals surface area contributed by atoms with E-state index in [4.69, 9.17) is 4.74 Å². The predicted molar refractivity (Wildman–Crippen MR) is 89.1 cm³/mol. The number of carboxylic acid groups (broad SMARTS) is 1. The molecule has 8 nitrogen and oxygen atoms in total. The van der Waals surface area contributed by atoms with Crippen molar-refractivity contribution in [3.05, 3.63) is 24.3 Å². The average Bonchev–Trinajstić information content (AvgIpc) is 2.54. The third-order valence-electron chi connectivity index (χ3n) is 4.37. The van der Waals surface area contributed by atoms with Crippen LogP contribution in [0.15, 0.2) is 24.3 Å². The van der Waals surface area contributed by atoms with E-state index in [9.17, 15) is 19.5 Å². The van der Waals surface area contributed by atoms with Crippen LogP contribution in [0.4, 0.5) is 10.5 Å². The predicted octanol–water partition coefficient (Wildman–Crippen LogP) is 1.49. The highest BCUT2D eigenvalue weighted by Crippen LogP contribution is 2.23. The summed E-state index contributed by atoms with van der Waals surface area (Å²) in [7, 11) is 0. The number of hydrogen-bond acceptors (Lipinski definition) is 4. The summed E-state index contributed by atoms with van der Waals surface area (Å²) in [5.74, 6) is -0.684. The number of rotatable bonds is 4. The molecule has 1 aromatic rings. The highest BCUT2D eigenvalue weighted by atomic mass is 16.5. The van der Waals surface area contributed by atoms with Crippen LogP contribution in [0.3, 0.4) is 0 Å². The van der Waals surface area contributed by atoms with Crippen LogP contribution in [-0.4, -0.2) is 47.2 Å². The summed E-state index contributed by atoms with van der Waals surface area (Å²) in [4.78, 5) is 36.0. The Balaban J connectivity index is 1.55. The van der Waals surface area contributed by atoms with Gasteiger partial charge in [0.2, 0.25) is 5.91 Å². The van der Waals surface area contributed by atoms with Gasteiger partial charge in [-0.3, -0.25) is 9.59 Å². The topological polar surface area (TPSA) is 108 Å². The van der Waals surface area contributed by atoms with Gasteiger partial charge in [-0.15, -0.1) is 0 Å². The van der Waals surface area contributed by atoms with Gasteiger partial charge < -0.3 is 25.4 Å². The molecule has 3 N–H and O–H groups in total. The standard InChI is InChI=1S/C17H21N3O5/c1-10-6-11(16(22)23)9-20(8-10)17(24)18-12-2-4-13(5-3-12)25-15-7-14(21)19-15/h2-5,10-11,15H,6-9H2,1H3,(H,18,24)(H,19,21)(H,22,23). The van der Waals surface area contributed by atoms with Crippen LogP contribution in [0, 0.1) is 11.8 Å². The van der Waals surface area contributed by atoms with E-state index >= 15 is 0 Å². The first-order chi connectivity index (χ1) is 11.9. The van der Waals surface area contributed by atoms with Crippen molar-refractivity contribution in [2.45, 2.75) is 26.0 Å². The molecule has 1 aromatic carbocycles. The van der Waals surface area contributed by atoms with E-state index in [-0.39, 0.29) is 30.6 Å². The van der Waals surface area contributed by atoms with E-state index in [0.717, 1.165) is 0 Å². The number of urea groups is 1. The number of likely N-dealkylation sites (tertiary alicyclic amines) is 1. The number of carbonyl (C=O) groups is 3. The highest BCUT2D eigenvalue weighted by molar-refractivity contribution is 5.90. The van der Waals surface area contributed by atoms with E-state index in [0.29, 0.717) is 30.8 Å². The molecular weight excluding hydrogens is 326 g/mol. The minimum Gasteiger partial charge on any atom is -0.481 e. The molecule has 2 heterocycles. The smallest absolute Gasteiger partial charge is 0.321 e. The Bertz CT molecular complexity index is 667. The minimum absolute atomic E-state index is 0.0377. The summed E-state index contributed by atoms with van der Waals surface area (Å²) in [6.45, 7) is 2.70. The van der Waals surface area contributed by atoms with Crippen LogP contribution in [0.5, 0.6) is 5.75 Å². The molecule has 3 rings (SSSR count). The summed E-state index contributed by atoms with van der Waals surface area (Å²) in [6, 6.07) is 6.52. The molecule has 2 aliphatic heterocycles. The summed E-state index contributed by atoms with van der Waals surface area (Å²) < 4.78 is 5.53. The molecule has 0 radical (unpaired) electrons. The number of aliphatic carboxylic acids is 1. The summed E-state index contributed by atoms with van der Waals surface area (Å²) in [5, 5.41) is 14.6. The van der Waals surface area contributed by atoms with Crippen molar-refractivity contribution >= 4 is 23.6 Å². The first-order valence-electron chi connectivity index (χ1n) is 8.25. The zero-order valence-corrected chi connectivity index (χ0v) is 13.9. The molecule has 134 valence electrons. The van der Waals surface area contributed by atoms with Crippen molar-refractivity contribution in [2.24, 2.45) is 11.8 Å². The van der Waals surface area contributed by atoms with Crippen LogP contribution in [-0.2, 0) is 9.59 Å². The minimum atomic E-state index is -0.867. The van der Waals surface area contributed by atoms with Gasteiger partial charge in [0.15, 0.2) is 6.23 Å². The number of amides is 3. The van der Waals surface area contributed by atoms with E-state index in [1.54, 1.807) is 29.2 Å². The van der Waals surface area contributed by atoms with Gasteiger partial charge in [0, 0.05) is 18.8 Å². The zero-order valence-electron chi connectivity index (χ0n) is 13.9. The Hall–Kier alpha value is -2.77. The van der Waals surface area contributed by atoms with E-state index in [2.05, 4.69) is 10.6 Å². The molecule has 0 spiro atoms. The molecule has 8 heteroatoms. The van der Waals surface area contributed by atoms with Crippen molar-refractivity contribution in [3.8, 4) is 5.75 Å². The van der Waals surface area contributed by atoms with Crippen LogP contribution in [0.2, 0.25) is 0 Å². The molecule has 0 bridgehead atoms. The normalized spacial score (nSPS) is 25.6. The first-order valence-corrected chi connectivity index (χ1v) is 8.25. The number of benzene rings is 1. The number of nitrogens with one attached hydrogen (secondary N) is 2. The number of piperidine rings is 1.